The molecular weight excluding hydrogens is 412 g/mol. The van der Waals surface area contributed by atoms with Gasteiger partial charge in [0.05, 0.1) is 17.1 Å². The molecular formula is C29H21ClN2. The Labute approximate surface area is 193 Å². The van der Waals surface area contributed by atoms with Crippen molar-refractivity contribution in [3.8, 4) is 28.2 Å². The van der Waals surface area contributed by atoms with Gasteiger partial charge in [-0.2, -0.15) is 0 Å². The predicted molar refractivity (Wildman–Crippen MR) is 135 cm³/mol. The van der Waals surface area contributed by atoms with E-state index in [2.05, 4.69) is 83.4 Å². The number of halogens is 1. The van der Waals surface area contributed by atoms with Gasteiger partial charge in [-0.1, -0.05) is 96.5 Å². The van der Waals surface area contributed by atoms with Gasteiger partial charge in [0.25, 0.3) is 0 Å². The lowest BCUT2D eigenvalue weighted by atomic mass is 10.1. The summed E-state index contributed by atoms with van der Waals surface area (Å²) in [6, 6.07) is 41.2. The van der Waals surface area contributed by atoms with E-state index < -0.39 is 0 Å². The van der Waals surface area contributed by atoms with Crippen molar-refractivity contribution in [1.29, 1.82) is 0 Å². The van der Waals surface area contributed by atoms with E-state index in [0.717, 1.165) is 39.5 Å². The molecule has 5 aromatic rings. The first-order valence-electron chi connectivity index (χ1n) is 10.5. The van der Waals surface area contributed by atoms with Gasteiger partial charge in [0, 0.05) is 22.5 Å². The summed E-state index contributed by atoms with van der Waals surface area (Å²) >= 11 is 6.17. The van der Waals surface area contributed by atoms with Gasteiger partial charge in [-0.05, 0) is 47.5 Å². The molecule has 0 aliphatic rings. The molecule has 0 atom stereocenters. The van der Waals surface area contributed by atoms with Crippen LogP contribution in [0.3, 0.4) is 0 Å². The molecule has 0 fully saturated rings. The van der Waals surface area contributed by atoms with Gasteiger partial charge in [-0.25, -0.2) is 0 Å². The van der Waals surface area contributed by atoms with Crippen molar-refractivity contribution in [1.82, 2.24) is 4.57 Å². The molecule has 2 nitrogen and oxygen atoms in total. The molecule has 4 aromatic carbocycles. The molecule has 154 valence electrons. The average Bonchev–Trinajstić information content (AvgIpc) is 3.24. The van der Waals surface area contributed by atoms with Crippen molar-refractivity contribution >= 4 is 23.5 Å². The largest absolute Gasteiger partial charge is 0.309 e. The number of aromatic nitrogens is 1. The van der Waals surface area contributed by atoms with Gasteiger partial charge >= 0.3 is 0 Å². The molecule has 5 rings (SSSR count). The van der Waals surface area contributed by atoms with E-state index in [-0.39, 0.29) is 0 Å². The molecule has 1 aromatic heterocycles. The monoisotopic (exact) mass is 432 g/mol. The highest BCUT2D eigenvalue weighted by Gasteiger charge is 2.18. The average molecular weight is 433 g/mol. The van der Waals surface area contributed by atoms with Crippen LogP contribution in [0, 0.1) is 0 Å². The first kappa shape index (κ1) is 20.0. The highest BCUT2D eigenvalue weighted by Crippen LogP contribution is 2.35. The van der Waals surface area contributed by atoms with E-state index in [4.69, 9.17) is 16.6 Å². The molecule has 3 heteroatoms. The van der Waals surface area contributed by atoms with Crippen molar-refractivity contribution in [3.05, 3.63) is 132 Å². The van der Waals surface area contributed by atoms with Gasteiger partial charge in [0.1, 0.15) is 0 Å². The maximum atomic E-state index is 6.17. The molecule has 32 heavy (non-hydrogen) atoms. The van der Waals surface area contributed by atoms with E-state index in [1.165, 1.54) is 0 Å². The summed E-state index contributed by atoms with van der Waals surface area (Å²) in [5.74, 6) is 0. The third-order valence-electron chi connectivity index (χ3n) is 5.32. The lowest BCUT2D eigenvalue weighted by molar-refractivity contribution is 1.09. The number of para-hydroxylation sites is 1. The number of nitrogens with zero attached hydrogens (tertiary/aromatic N) is 2. The summed E-state index contributed by atoms with van der Waals surface area (Å²) in [5, 5.41) is 0.676. The molecule has 0 radical (unpaired) electrons. The summed E-state index contributed by atoms with van der Waals surface area (Å²) in [6.45, 7) is 0. The Kier molecular flexibility index (Phi) is 5.69. The third-order valence-corrected chi connectivity index (χ3v) is 5.56. The van der Waals surface area contributed by atoms with E-state index in [1.54, 1.807) is 0 Å². The number of rotatable bonds is 5. The molecule has 0 amide bonds. The van der Waals surface area contributed by atoms with Crippen molar-refractivity contribution in [2.24, 2.45) is 4.99 Å². The Hall–Kier alpha value is -3.88. The zero-order chi connectivity index (χ0) is 21.8. The molecule has 0 N–H and O–H groups in total. The van der Waals surface area contributed by atoms with Crippen LogP contribution in [0.4, 0.5) is 5.69 Å². The molecule has 0 bridgehead atoms. The Bertz CT molecular complexity index is 1350. The highest BCUT2D eigenvalue weighted by atomic mass is 35.5. The minimum Gasteiger partial charge on any atom is -0.309 e. The van der Waals surface area contributed by atoms with Crippen molar-refractivity contribution in [3.63, 3.8) is 0 Å². The maximum absolute atomic E-state index is 6.17. The molecule has 0 aliphatic heterocycles. The minimum atomic E-state index is 0.676. The van der Waals surface area contributed by atoms with E-state index in [9.17, 15) is 0 Å². The van der Waals surface area contributed by atoms with Gasteiger partial charge in [-0.15, -0.1) is 0 Å². The normalized spacial score (nSPS) is 11.2. The third kappa shape index (κ3) is 4.14. The topological polar surface area (TPSA) is 17.3 Å². The van der Waals surface area contributed by atoms with Gasteiger partial charge in [0.15, 0.2) is 0 Å². The fourth-order valence-electron chi connectivity index (χ4n) is 3.89. The minimum absolute atomic E-state index is 0.676. The number of aliphatic imine (C=N–C) groups is 1. The van der Waals surface area contributed by atoms with Crippen LogP contribution in [0.15, 0.2) is 126 Å². The second-order valence-electron chi connectivity index (χ2n) is 7.47. The Morgan fingerprint density at radius 2 is 1.25 bits per heavy atom. The zero-order valence-electron chi connectivity index (χ0n) is 17.4. The molecule has 0 saturated heterocycles. The summed E-state index contributed by atoms with van der Waals surface area (Å²) in [5.41, 5.74) is 7.46. The molecule has 0 saturated carbocycles. The van der Waals surface area contributed by atoms with Crippen molar-refractivity contribution in [2.75, 3.05) is 0 Å². The number of benzene rings is 4. The Morgan fingerprint density at radius 3 is 1.91 bits per heavy atom. The molecule has 0 aliphatic carbocycles. The first-order valence-corrected chi connectivity index (χ1v) is 10.9. The molecule has 0 spiro atoms. The second kappa shape index (κ2) is 9.09. The second-order valence-corrected chi connectivity index (χ2v) is 7.91. The standard InChI is InChI=1S/C29H21ClN2/c30-25-15-10-16-26(20-25)31-21-24-19-28(22-11-4-1-5-12-22)32(27-17-8-3-9-18-27)29(24)23-13-6-2-7-14-23/h1-21H. The Balaban J connectivity index is 1.77. The number of hydrogen-bond donors (Lipinski definition) is 0. The lowest BCUT2D eigenvalue weighted by Gasteiger charge is -2.15. The van der Waals surface area contributed by atoms with Crippen LogP contribution >= 0.6 is 11.6 Å². The van der Waals surface area contributed by atoms with Crippen LogP contribution in [0.1, 0.15) is 5.56 Å². The van der Waals surface area contributed by atoms with Crippen LogP contribution in [-0.2, 0) is 0 Å². The quantitative estimate of drug-likeness (QED) is 0.249. The number of hydrogen-bond acceptors (Lipinski definition) is 1. The van der Waals surface area contributed by atoms with E-state index in [1.807, 2.05) is 48.7 Å². The van der Waals surface area contributed by atoms with Gasteiger partial charge in [0.2, 0.25) is 0 Å². The van der Waals surface area contributed by atoms with Gasteiger partial charge in [-0.3, -0.25) is 4.99 Å². The molecule has 1 heterocycles. The smallest absolute Gasteiger partial charge is 0.0644 e. The Morgan fingerprint density at radius 1 is 0.625 bits per heavy atom. The highest BCUT2D eigenvalue weighted by molar-refractivity contribution is 6.30. The van der Waals surface area contributed by atoms with E-state index in [0.29, 0.717) is 5.02 Å². The lowest BCUT2D eigenvalue weighted by Crippen LogP contribution is -2.00. The van der Waals surface area contributed by atoms with E-state index >= 15 is 0 Å². The van der Waals surface area contributed by atoms with Crippen LogP contribution < -0.4 is 0 Å². The summed E-state index contributed by atoms with van der Waals surface area (Å²) < 4.78 is 2.31. The van der Waals surface area contributed by atoms with Crippen molar-refractivity contribution in [2.45, 2.75) is 0 Å². The summed E-state index contributed by atoms with van der Waals surface area (Å²) in [6.07, 6.45) is 1.93. The van der Waals surface area contributed by atoms with Gasteiger partial charge < -0.3 is 4.57 Å². The maximum Gasteiger partial charge on any atom is 0.0644 e. The van der Waals surface area contributed by atoms with Crippen LogP contribution in [0.2, 0.25) is 5.02 Å². The fraction of sp³-hybridized carbons (Fsp3) is 0. The van der Waals surface area contributed by atoms with Crippen molar-refractivity contribution < 1.29 is 0 Å². The van der Waals surface area contributed by atoms with Crippen LogP contribution in [0.5, 0.6) is 0 Å². The SMILES string of the molecule is Clc1cccc(N=Cc2cc(-c3ccccc3)n(-c3ccccc3)c2-c2ccccc2)c1. The predicted octanol–water partition coefficient (Wildman–Crippen LogP) is 8.22. The molecule has 0 unspecified atom stereocenters. The van der Waals surface area contributed by atoms with Crippen LogP contribution in [0.25, 0.3) is 28.2 Å². The zero-order valence-corrected chi connectivity index (χ0v) is 18.2. The van der Waals surface area contributed by atoms with Crippen LogP contribution in [-0.4, -0.2) is 10.8 Å². The summed E-state index contributed by atoms with van der Waals surface area (Å²) in [7, 11) is 0. The fourth-order valence-corrected chi connectivity index (χ4v) is 4.07. The first-order chi connectivity index (χ1) is 15.8. The summed E-state index contributed by atoms with van der Waals surface area (Å²) in [4.78, 5) is 4.74.